The van der Waals surface area contributed by atoms with Crippen LogP contribution in [0.15, 0.2) is 46.9 Å². The van der Waals surface area contributed by atoms with Crippen LogP contribution in [0, 0.1) is 5.82 Å². The van der Waals surface area contributed by atoms with E-state index in [1.54, 1.807) is 6.07 Å². The van der Waals surface area contributed by atoms with E-state index in [4.69, 9.17) is 0 Å². The van der Waals surface area contributed by atoms with Gasteiger partial charge in [0.2, 0.25) is 0 Å². The van der Waals surface area contributed by atoms with Gasteiger partial charge in [-0.3, -0.25) is 0 Å². The summed E-state index contributed by atoms with van der Waals surface area (Å²) >= 11 is 3.39. The highest BCUT2D eigenvalue weighted by molar-refractivity contribution is 9.10. The maximum absolute atomic E-state index is 13.6. The van der Waals surface area contributed by atoms with Crippen LogP contribution in [-0.2, 0) is 6.42 Å². The van der Waals surface area contributed by atoms with Crippen molar-refractivity contribution >= 4 is 15.9 Å². The van der Waals surface area contributed by atoms with Crippen LogP contribution in [0.2, 0.25) is 0 Å². The summed E-state index contributed by atoms with van der Waals surface area (Å²) in [5.74, 6) is 0.392. The van der Waals surface area contributed by atoms with E-state index in [1.807, 2.05) is 6.07 Å². The summed E-state index contributed by atoms with van der Waals surface area (Å²) in [5.41, 5.74) is 3.93. The van der Waals surface area contributed by atoms with Gasteiger partial charge < -0.3 is 5.32 Å². The molecule has 3 rings (SSSR count). The van der Waals surface area contributed by atoms with Crippen LogP contribution >= 0.6 is 15.9 Å². The van der Waals surface area contributed by atoms with Crippen molar-refractivity contribution in [2.24, 2.45) is 0 Å². The zero-order chi connectivity index (χ0) is 14.8. The first-order chi connectivity index (χ1) is 10.2. The first kappa shape index (κ1) is 14.7. The summed E-state index contributed by atoms with van der Waals surface area (Å²) in [6.07, 6.45) is 2.15. The minimum absolute atomic E-state index is 0.184. The molecule has 0 heterocycles. The predicted octanol–water partition coefficient (Wildman–Crippen LogP) is 4.97. The molecule has 0 saturated heterocycles. The molecule has 1 N–H and O–H groups in total. The third kappa shape index (κ3) is 3.19. The lowest BCUT2D eigenvalue weighted by Crippen LogP contribution is -2.27. The Hall–Kier alpha value is -1.19. The number of fused-ring (bicyclic) bond motifs is 1. The lowest BCUT2D eigenvalue weighted by molar-refractivity contribution is 0.434. The maximum Gasteiger partial charge on any atom is 0.124 e. The second-order valence-electron chi connectivity index (χ2n) is 5.65. The Balaban J connectivity index is 1.80. The quantitative estimate of drug-likeness (QED) is 0.805. The molecule has 1 aliphatic rings. The van der Waals surface area contributed by atoms with Gasteiger partial charge in [0.1, 0.15) is 5.82 Å². The Bertz CT molecular complexity index is 621. The van der Waals surface area contributed by atoms with Crippen molar-refractivity contribution in [1.29, 1.82) is 0 Å². The molecule has 0 spiro atoms. The summed E-state index contributed by atoms with van der Waals surface area (Å²) in [6, 6.07) is 14.0. The summed E-state index contributed by atoms with van der Waals surface area (Å²) in [4.78, 5) is 0. The van der Waals surface area contributed by atoms with Crippen LogP contribution in [0.5, 0.6) is 0 Å². The molecule has 0 radical (unpaired) electrons. The highest BCUT2D eigenvalue weighted by atomic mass is 79.9. The van der Waals surface area contributed by atoms with Gasteiger partial charge in [0.25, 0.3) is 0 Å². The molecule has 0 bridgehead atoms. The molecule has 0 amide bonds. The molecule has 3 heteroatoms. The van der Waals surface area contributed by atoms with Gasteiger partial charge in [-0.25, -0.2) is 4.39 Å². The number of hydrogen-bond acceptors (Lipinski definition) is 1. The highest BCUT2D eigenvalue weighted by Gasteiger charge is 2.28. The number of hydrogen-bond donors (Lipinski definition) is 1. The minimum Gasteiger partial charge on any atom is -0.310 e. The van der Waals surface area contributed by atoms with Gasteiger partial charge in [-0.05, 0) is 60.2 Å². The molecule has 2 unspecified atom stereocenters. The van der Waals surface area contributed by atoms with Crippen LogP contribution in [0.1, 0.15) is 42.0 Å². The normalized spacial score (nSPS) is 18.0. The highest BCUT2D eigenvalue weighted by Crippen LogP contribution is 2.41. The zero-order valence-electron chi connectivity index (χ0n) is 12.1. The number of rotatable bonds is 5. The second kappa shape index (κ2) is 6.29. The topological polar surface area (TPSA) is 12.0 Å². The Morgan fingerprint density at radius 3 is 2.81 bits per heavy atom. The fraction of sp³-hybridized carbons (Fsp3) is 0.333. The molecule has 2 atom stereocenters. The average molecular weight is 348 g/mol. The van der Waals surface area contributed by atoms with Crippen LogP contribution in [0.4, 0.5) is 4.39 Å². The smallest absolute Gasteiger partial charge is 0.124 e. The molecule has 0 aromatic heterocycles. The van der Waals surface area contributed by atoms with E-state index in [1.165, 1.54) is 17.2 Å². The van der Waals surface area contributed by atoms with Gasteiger partial charge >= 0.3 is 0 Å². The van der Waals surface area contributed by atoms with Crippen molar-refractivity contribution < 1.29 is 4.39 Å². The Morgan fingerprint density at radius 1 is 1.29 bits per heavy atom. The van der Waals surface area contributed by atoms with Crippen molar-refractivity contribution in [1.82, 2.24) is 5.32 Å². The van der Waals surface area contributed by atoms with Crippen LogP contribution in [0.25, 0.3) is 0 Å². The zero-order valence-corrected chi connectivity index (χ0v) is 13.7. The number of nitrogens with one attached hydrogen (secondary N) is 1. The minimum atomic E-state index is -0.184. The second-order valence-corrected chi connectivity index (χ2v) is 6.56. The van der Waals surface area contributed by atoms with Gasteiger partial charge in [0.05, 0.1) is 0 Å². The Kier molecular flexibility index (Phi) is 4.41. The maximum atomic E-state index is 13.6. The fourth-order valence-electron chi connectivity index (χ4n) is 3.22. The molecule has 0 fully saturated rings. The summed E-state index contributed by atoms with van der Waals surface area (Å²) in [5, 5.41) is 3.50. The Labute approximate surface area is 133 Å². The van der Waals surface area contributed by atoms with Gasteiger partial charge in [0, 0.05) is 10.5 Å². The van der Waals surface area contributed by atoms with E-state index in [0.717, 1.165) is 29.4 Å². The van der Waals surface area contributed by atoms with E-state index in [9.17, 15) is 4.39 Å². The van der Waals surface area contributed by atoms with Crippen LogP contribution < -0.4 is 5.32 Å². The molecule has 110 valence electrons. The molecule has 2 aromatic carbocycles. The first-order valence-electron chi connectivity index (χ1n) is 7.44. The third-order valence-electron chi connectivity index (χ3n) is 4.22. The first-order valence-corrected chi connectivity index (χ1v) is 8.24. The largest absolute Gasteiger partial charge is 0.310 e. The molecule has 0 saturated carbocycles. The monoisotopic (exact) mass is 347 g/mol. The van der Waals surface area contributed by atoms with Crippen molar-refractivity contribution in [3.8, 4) is 0 Å². The molecule has 1 aliphatic carbocycles. The third-order valence-corrected chi connectivity index (χ3v) is 4.68. The van der Waals surface area contributed by atoms with E-state index < -0.39 is 0 Å². The molecule has 2 aromatic rings. The SMILES string of the molecule is CCNC(CC1Cc2ccccc21)c1cc(F)cc(Br)c1. The molecule has 0 aliphatic heterocycles. The van der Waals surface area contributed by atoms with Crippen molar-refractivity contribution in [3.05, 3.63) is 69.4 Å². The molecule has 1 nitrogen and oxygen atoms in total. The standard InChI is InChI=1S/C18H19BrFN/c1-2-21-18(14-8-15(19)11-16(20)9-14)10-13-7-12-5-3-4-6-17(12)13/h3-6,8-9,11,13,18,21H,2,7,10H2,1H3. The van der Waals surface area contributed by atoms with Gasteiger partial charge in [0.15, 0.2) is 0 Å². The van der Waals surface area contributed by atoms with E-state index in [2.05, 4.69) is 52.4 Å². The number of benzene rings is 2. The van der Waals surface area contributed by atoms with Crippen molar-refractivity contribution in [3.63, 3.8) is 0 Å². The van der Waals surface area contributed by atoms with Crippen LogP contribution in [-0.4, -0.2) is 6.54 Å². The summed E-state index contributed by atoms with van der Waals surface area (Å²) in [6.45, 7) is 2.98. The predicted molar refractivity (Wildman–Crippen MR) is 88.0 cm³/mol. The van der Waals surface area contributed by atoms with Gasteiger partial charge in [-0.1, -0.05) is 47.1 Å². The van der Waals surface area contributed by atoms with Crippen LogP contribution in [0.3, 0.4) is 0 Å². The van der Waals surface area contributed by atoms with Gasteiger partial charge in [-0.2, -0.15) is 0 Å². The van der Waals surface area contributed by atoms with E-state index in [-0.39, 0.29) is 11.9 Å². The van der Waals surface area contributed by atoms with Crippen molar-refractivity contribution in [2.75, 3.05) is 6.54 Å². The summed E-state index contributed by atoms with van der Waals surface area (Å²) < 4.78 is 14.4. The van der Waals surface area contributed by atoms with Gasteiger partial charge in [-0.15, -0.1) is 0 Å². The Morgan fingerprint density at radius 2 is 2.10 bits per heavy atom. The van der Waals surface area contributed by atoms with E-state index in [0.29, 0.717) is 5.92 Å². The molecular formula is C18H19BrFN. The fourth-order valence-corrected chi connectivity index (χ4v) is 3.70. The van der Waals surface area contributed by atoms with Crippen molar-refractivity contribution in [2.45, 2.75) is 31.7 Å². The molecular weight excluding hydrogens is 329 g/mol. The van der Waals surface area contributed by atoms with E-state index >= 15 is 0 Å². The average Bonchev–Trinajstić information content (AvgIpc) is 2.42. The lowest BCUT2D eigenvalue weighted by Gasteiger charge is -2.33. The summed E-state index contributed by atoms with van der Waals surface area (Å²) in [7, 11) is 0. The lowest BCUT2D eigenvalue weighted by atomic mass is 9.74. The molecule has 21 heavy (non-hydrogen) atoms. The number of halogens is 2.